The van der Waals surface area contributed by atoms with E-state index in [-0.39, 0.29) is 30.0 Å². The van der Waals surface area contributed by atoms with Crippen LogP contribution in [-0.2, 0) is 9.59 Å². The van der Waals surface area contributed by atoms with Gasteiger partial charge in [-0.05, 0) is 68.2 Å². The van der Waals surface area contributed by atoms with Crippen LogP contribution < -0.4 is 16.4 Å². The molecule has 6 rings (SSSR count). The second kappa shape index (κ2) is 10.0. The van der Waals surface area contributed by atoms with E-state index in [1.807, 2.05) is 12.3 Å². The predicted octanol–water partition coefficient (Wildman–Crippen LogP) is 1.92. The number of allylic oxidation sites excluding steroid dienone is 2. The average molecular weight is 528 g/mol. The Morgan fingerprint density at radius 1 is 1.10 bits per heavy atom. The highest BCUT2D eigenvalue weighted by molar-refractivity contribution is 6.23. The van der Waals surface area contributed by atoms with E-state index in [1.165, 1.54) is 6.33 Å². The van der Waals surface area contributed by atoms with Crippen molar-refractivity contribution in [3.63, 3.8) is 0 Å². The fourth-order valence-electron chi connectivity index (χ4n) is 5.36. The predicted molar refractivity (Wildman–Crippen MR) is 142 cm³/mol. The van der Waals surface area contributed by atoms with Crippen molar-refractivity contribution < 1.29 is 19.2 Å². The first-order chi connectivity index (χ1) is 18.9. The van der Waals surface area contributed by atoms with Crippen LogP contribution in [0.3, 0.4) is 0 Å². The van der Waals surface area contributed by atoms with Crippen LogP contribution >= 0.6 is 0 Å². The number of imide groups is 2. The molecule has 4 N–H and O–H groups in total. The summed E-state index contributed by atoms with van der Waals surface area (Å²) in [6, 6.07) is 6.14. The van der Waals surface area contributed by atoms with Gasteiger partial charge in [-0.15, -0.1) is 0 Å². The van der Waals surface area contributed by atoms with Crippen LogP contribution in [0.1, 0.15) is 64.9 Å². The molecule has 11 heteroatoms. The zero-order chi connectivity index (χ0) is 27.1. The quantitative estimate of drug-likeness (QED) is 0.347. The molecule has 2 saturated carbocycles. The van der Waals surface area contributed by atoms with Gasteiger partial charge >= 0.3 is 0 Å². The van der Waals surface area contributed by atoms with Gasteiger partial charge in [0.25, 0.3) is 11.8 Å². The van der Waals surface area contributed by atoms with Gasteiger partial charge in [0.15, 0.2) is 0 Å². The molecule has 1 aromatic heterocycles. The van der Waals surface area contributed by atoms with Crippen LogP contribution in [0.5, 0.6) is 0 Å². The number of nitrogens with zero attached hydrogens (tertiary/aromatic N) is 4. The molecule has 200 valence electrons. The van der Waals surface area contributed by atoms with Crippen LogP contribution in [0.2, 0.25) is 0 Å². The highest BCUT2D eigenvalue weighted by Gasteiger charge is 2.44. The summed E-state index contributed by atoms with van der Waals surface area (Å²) in [5.74, 6) is -1.20. The number of hydrogen-bond acceptors (Lipinski definition) is 9. The molecule has 2 aliphatic heterocycles. The highest BCUT2D eigenvalue weighted by Crippen LogP contribution is 2.37. The van der Waals surface area contributed by atoms with Crippen LogP contribution in [0.25, 0.3) is 5.57 Å². The van der Waals surface area contributed by atoms with Crippen molar-refractivity contribution >= 4 is 41.1 Å². The number of hydrogen-bond donors (Lipinski definition) is 3. The smallest absolute Gasteiger partial charge is 0.262 e. The molecule has 1 aromatic carbocycles. The summed E-state index contributed by atoms with van der Waals surface area (Å²) in [5.41, 5.74) is 10.2. The number of piperidine rings is 1. The third-order valence-corrected chi connectivity index (χ3v) is 7.85. The number of benzene rings is 1. The number of anilines is 1. The Morgan fingerprint density at radius 2 is 1.90 bits per heavy atom. The van der Waals surface area contributed by atoms with E-state index in [4.69, 9.17) is 10.7 Å². The number of rotatable bonds is 8. The van der Waals surface area contributed by atoms with E-state index < -0.39 is 29.7 Å². The van der Waals surface area contributed by atoms with Crippen molar-refractivity contribution in [2.45, 2.75) is 50.6 Å². The van der Waals surface area contributed by atoms with Crippen molar-refractivity contribution in [2.24, 2.45) is 22.6 Å². The molecular formula is C28H29N7O4. The van der Waals surface area contributed by atoms with E-state index in [1.54, 1.807) is 24.4 Å². The highest BCUT2D eigenvalue weighted by atomic mass is 16.2. The minimum Gasteiger partial charge on any atom is -0.401 e. The van der Waals surface area contributed by atoms with Gasteiger partial charge in [-0.1, -0.05) is 0 Å². The van der Waals surface area contributed by atoms with Crippen LogP contribution in [0, 0.1) is 11.8 Å². The first kappa shape index (κ1) is 24.9. The lowest BCUT2D eigenvalue weighted by molar-refractivity contribution is -0.136. The van der Waals surface area contributed by atoms with Gasteiger partial charge in [0, 0.05) is 42.3 Å². The van der Waals surface area contributed by atoms with Gasteiger partial charge in [0.2, 0.25) is 11.8 Å². The van der Waals surface area contributed by atoms with Crippen LogP contribution in [0.15, 0.2) is 47.5 Å². The molecule has 0 spiro atoms. The molecule has 3 heterocycles. The van der Waals surface area contributed by atoms with Gasteiger partial charge in [-0.25, -0.2) is 9.97 Å². The molecule has 0 radical (unpaired) electrons. The van der Waals surface area contributed by atoms with Gasteiger partial charge in [-0.3, -0.25) is 34.4 Å². The Morgan fingerprint density at radius 3 is 2.62 bits per heavy atom. The lowest BCUT2D eigenvalue weighted by atomic mass is 9.80. The fourth-order valence-corrected chi connectivity index (χ4v) is 5.36. The minimum atomic E-state index is -0.969. The SMILES string of the molecule is NC(=C(C=NC1CC(CNc2ccc3c(c2)C(=O)N(C2CCC(=O)NC2=O)C3=O)C1)c1ccncn1)C1CC1. The van der Waals surface area contributed by atoms with Crippen molar-refractivity contribution in [3.8, 4) is 0 Å². The number of amides is 4. The average Bonchev–Trinajstić information content (AvgIpc) is 3.73. The van der Waals surface area contributed by atoms with Gasteiger partial charge in [-0.2, -0.15) is 0 Å². The molecule has 2 aromatic rings. The normalized spacial score (nSPS) is 25.3. The molecule has 11 nitrogen and oxygen atoms in total. The second-order valence-corrected chi connectivity index (χ2v) is 10.6. The minimum absolute atomic E-state index is 0.0924. The third kappa shape index (κ3) is 4.91. The number of aromatic nitrogens is 2. The topological polar surface area (TPSA) is 160 Å². The summed E-state index contributed by atoms with van der Waals surface area (Å²) >= 11 is 0. The van der Waals surface area contributed by atoms with Crippen molar-refractivity contribution in [1.29, 1.82) is 0 Å². The number of aliphatic imine (C=N–C) groups is 1. The maximum atomic E-state index is 13.0. The number of carbonyl (C=O) groups excluding carboxylic acids is 4. The van der Waals surface area contributed by atoms with Gasteiger partial charge in [0.1, 0.15) is 12.4 Å². The van der Waals surface area contributed by atoms with Crippen LogP contribution in [0.4, 0.5) is 5.69 Å². The largest absolute Gasteiger partial charge is 0.401 e. The number of nitrogens with two attached hydrogens (primary N) is 1. The zero-order valence-electron chi connectivity index (χ0n) is 21.3. The number of nitrogens with one attached hydrogen (secondary N) is 2. The Bertz CT molecular complexity index is 1410. The summed E-state index contributed by atoms with van der Waals surface area (Å²) in [5, 5.41) is 5.58. The molecule has 0 bridgehead atoms. The summed E-state index contributed by atoms with van der Waals surface area (Å²) in [6.07, 6.45) is 9.36. The molecule has 1 unspecified atom stereocenters. The first-order valence-corrected chi connectivity index (χ1v) is 13.3. The van der Waals surface area contributed by atoms with E-state index in [2.05, 4.69) is 20.6 Å². The summed E-state index contributed by atoms with van der Waals surface area (Å²) < 4.78 is 0. The summed E-state index contributed by atoms with van der Waals surface area (Å²) in [7, 11) is 0. The molecule has 4 amide bonds. The van der Waals surface area contributed by atoms with E-state index in [0.717, 1.165) is 53.2 Å². The van der Waals surface area contributed by atoms with Gasteiger partial charge < -0.3 is 11.1 Å². The lowest BCUT2D eigenvalue weighted by Gasteiger charge is -2.33. The van der Waals surface area contributed by atoms with E-state index in [0.29, 0.717) is 18.4 Å². The number of carbonyl (C=O) groups is 4. The van der Waals surface area contributed by atoms with Crippen molar-refractivity contribution in [2.75, 3.05) is 11.9 Å². The van der Waals surface area contributed by atoms with E-state index >= 15 is 0 Å². The Balaban J connectivity index is 1.05. The summed E-state index contributed by atoms with van der Waals surface area (Å²) in [4.78, 5) is 63.7. The Kier molecular flexibility index (Phi) is 6.41. The maximum Gasteiger partial charge on any atom is 0.262 e. The van der Waals surface area contributed by atoms with Crippen molar-refractivity contribution in [3.05, 3.63) is 59.3 Å². The van der Waals surface area contributed by atoms with Gasteiger partial charge in [0.05, 0.1) is 22.9 Å². The lowest BCUT2D eigenvalue weighted by Crippen LogP contribution is -2.54. The van der Waals surface area contributed by atoms with Crippen LogP contribution in [-0.4, -0.2) is 63.3 Å². The standard InChI is InChI=1S/C28H29N7O4/c29-25(16-1-2-16)21(22-7-8-30-14-33-22)13-32-18-9-15(10-18)12-31-17-3-4-19-20(11-17)28(39)35(27(19)38)23-5-6-24(36)34-26(23)37/h3-4,7-8,11,13-16,18,23,31H,1-2,5-6,9-10,12,29H2,(H,34,36,37). The molecule has 1 saturated heterocycles. The molecule has 4 aliphatic rings. The monoisotopic (exact) mass is 527 g/mol. The molecule has 1 atom stereocenters. The fraction of sp³-hybridized carbons (Fsp3) is 0.393. The second-order valence-electron chi connectivity index (χ2n) is 10.6. The maximum absolute atomic E-state index is 13.0. The third-order valence-electron chi connectivity index (χ3n) is 7.85. The molecular weight excluding hydrogens is 498 g/mol. The zero-order valence-corrected chi connectivity index (χ0v) is 21.3. The molecule has 39 heavy (non-hydrogen) atoms. The van der Waals surface area contributed by atoms with E-state index in [9.17, 15) is 19.2 Å². The van der Waals surface area contributed by atoms with Crippen molar-refractivity contribution in [1.82, 2.24) is 20.2 Å². The number of fused-ring (bicyclic) bond motifs is 1. The Labute approximate surface area is 225 Å². The summed E-state index contributed by atoms with van der Waals surface area (Å²) in [6.45, 7) is 0.711. The Hall–Kier alpha value is -4.41. The molecule has 2 aliphatic carbocycles. The molecule has 3 fully saturated rings. The first-order valence-electron chi connectivity index (χ1n) is 13.3.